The third-order valence-electron chi connectivity index (χ3n) is 0.533. The molecule has 3 N–H and O–H groups in total. The summed E-state index contributed by atoms with van der Waals surface area (Å²) in [5, 5.41) is 0. The third-order valence-corrected chi connectivity index (χ3v) is 0.533. The highest BCUT2D eigenvalue weighted by molar-refractivity contribution is 5.85. The van der Waals surface area contributed by atoms with E-state index < -0.39 is 12.6 Å². The Morgan fingerprint density at radius 1 is 1.22 bits per heavy atom. The van der Waals surface area contributed by atoms with Crippen molar-refractivity contribution >= 4 is 12.4 Å². The molecule has 5 heteroatoms. The maximum absolute atomic E-state index is 11.1. The zero-order valence-corrected chi connectivity index (χ0v) is 5.98. The fourth-order valence-corrected chi connectivity index (χ4v) is 0.283. The summed E-state index contributed by atoms with van der Waals surface area (Å²) in [5.74, 6) is 0. The van der Waals surface area contributed by atoms with Crippen LogP contribution in [-0.2, 0) is 0 Å². The molecule has 0 aliphatic carbocycles. The maximum atomic E-state index is 11.1. The summed E-state index contributed by atoms with van der Waals surface area (Å²) in [7, 11) is 0. The molecule has 1 nitrogen and oxygen atoms in total. The van der Waals surface area contributed by atoms with Crippen molar-refractivity contribution in [1.82, 2.24) is 6.15 Å². The highest BCUT2D eigenvalue weighted by Gasteiger charge is 2.24. The van der Waals surface area contributed by atoms with Gasteiger partial charge in [-0.15, -0.1) is 12.4 Å². The Morgan fingerprint density at radius 3 is 1.56 bits per heavy atom. The van der Waals surface area contributed by atoms with Gasteiger partial charge in [0.25, 0.3) is 0 Å². The molecule has 0 fully saturated rings. The van der Waals surface area contributed by atoms with Crippen molar-refractivity contribution in [3.8, 4) is 0 Å². The Labute approximate surface area is 58.6 Å². The fraction of sp³-hybridized carbons (Fsp3) is 1.00. The van der Waals surface area contributed by atoms with Crippen LogP contribution in [0.5, 0.6) is 0 Å². The zero-order valence-electron chi connectivity index (χ0n) is 5.16. The van der Waals surface area contributed by atoms with Crippen molar-refractivity contribution in [3.05, 3.63) is 0 Å². The molecule has 9 heavy (non-hydrogen) atoms. The zero-order chi connectivity index (χ0) is 5.91. The molecule has 0 heterocycles. The number of rotatable bonds is 1. The molecule has 0 aromatic heterocycles. The molecule has 0 radical (unpaired) electrons. The Hall–Kier alpha value is 0.0400. The predicted octanol–water partition coefficient (Wildman–Crippen LogP) is 2.93. The van der Waals surface area contributed by atoms with Crippen LogP contribution in [0.3, 0.4) is 0 Å². The molecule has 0 unspecified atom stereocenters. The minimum Gasteiger partial charge on any atom is -0.344 e. The van der Waals surface area contributed by atoms with Gasteiger partial charge < -0.3 is 6.15 Å². The quantitative estimate of drug-likeness (QED) is 0.637. The summed E-state index contributed by atoms with van der Waals surface area (Å²) in [6, 6.07) is 0. The van der Waals surface area contributed by atoms with E-state index in [1.807, 2.05) is 0 Å². The summed E-state index contributed by atoms with van der Waals surface area (Å²) in [6.45, 7) is 1.51. The third kappa shape index (κ3) is 18.0. The molecule has 60 valence electrons. The van der Waals surface area contributed by atoms with E-state index in [1.54, 1.807) is 0 Å². The summed E-state index contributed by atoms with van der Waals surface area (Å²) >= 11 is 0. The lowest BCUT2D eigenvalue weighted by atomic mass is 10.3. The largest absolute Gasteiger partial charge is 0.389 e. The van der Waals surface area contributed by atoms with Crippen LogP contribution in [0.25, 0.3) is 0 Å². The summed E-state index contributed by atoms with van der Waals surface area (Å²) in [6.07, 6.45) is -4.43. The number of alkyl halides is 3. The van der Waals surface area contributed by atoms with E-state index in [0.29, 0.717) is 0 Å². The van der Waals surface area contributed by atoms with Crippen molar-refractivity contribution in [3.63, 3.8) is 0 Å². The first-order valence-electron chi connectivity index (χ1n) is 2.13. The van der Waals surface area contributed by atoms with Crippen molar-refractivity contribution in [2.45, 2.75) is 25.9 Å². The standard InChI is InChI=1S/C4H7F3.ClH.H3N/c1-2-3-4(5,6)7;;/h2-3H2,1H3;1H;1H3. The lowest BCUT2D eigenvalue weighted by Crippen LogP contribution is -2.04. The van der Waals surface area contributed by atoms with Crippen molar-refractivity contribution < 1.29 is 13.2 Å². The van der Waals surface area contributed by atoms with Crippen LogP contribution in [0, 0.1) is 0 Å². The van der Waals surface area contributed by atoms with Crippen LogP contribution in [-0.4, -0.2) is 6.18 Å². The first-order valence-corrected chi connectivity index (χ1v) is 2.13. The van der Waals surface area contributed by atoms with Gasteiger partial charge in [-0.25, -0.2) is 0 Å². The van der Waals surface area contributed by atoms with Crippen LogP contribution < -0.4 is 6.15 Å². The minimum absolute atomic E-state index is 0. The number of hydrogen-bond acceptors (Lipinski definition) is 1. The van der Waals surface area contributed by atoms with Gasteiger partial charge in [0.2, 0.25) is 0 Å². The van der Waals surface area contributed by atoms with Crippen molar-refractivity contribution in [1.29, 1.82) is 0 Å². The molecule has 0 aromatic rings. The molecule has 0 rings (SSSR count). The van der Waals surface area contributed by atoms with E-state index >= 15 is 0 Å². The average Bonchev–Trinajstić information content (AvgIpc) is 1.30. The molecular formula is C4H11ClF3N. The van der Waals surface area contributed by atoms with E-state index in [0.717, 1.165) is 0 Å². The Bertz CT molecular complexity index is 54.3. The molecule has 0 saturated carbocycles. The van der Waals surface area contributed by atoms with Gasteiger partial charge in [-0.1, -0.05) is 6.92 Å². The maximum Gasteiger partial charge on any atom is 0.389 e. The van der Waals surface area contributed by atoms with E-state index in [9.17, 15) is 13.2 Å². The first-order chi connectivity index (χ1) is 3.06. The molecule has 0 aliphatic rings. The van der Waals surface area contributed by atoms with E-state index in [-0.39, 0.29) is 25.0 Å². The van der Waals surface area contributed by atoms with Crippen molar-refractivity contribution in [2.75, 3.05) is 0 Å². The van der Waals surface area contributed by atoms with Crippen LogP contribution in [0.1, 0.15) is 19.8 Å². The summed E-state index contributed by atoms with van der Waals surface area (Å²) < 4.78 is 33.2. The van der Waals surface area contributed by atoms with E-state index in [2.05, 4.69) is 0 Å². The van der Waals surface area contributed by atoms with Gasteiger partial charge in [-0.2, -0.15) is 13.2 Å². The first kappa shape index (κ1) is 16.0. The number of halogens is 4. The van der Waals surface area contributed by atoms with Crippen molar-refractivity contribution in [2.24, 2.45) is 0 Å². The van der Waals surface area contributed by atoms with Crippen LogP contribution in [0.4, 0.5) is 13.2 Å². The van der Waals surface area contributed by atoms with Gasteiger partial charge in [-0.05, 0) is 6.42 Å². The van der Waals surface area contributed by atoms with Gasteiger partial charge >= 0.3 is 6.18 Å². The molecule has 0 saturated heterocycles. The lowest BCUT2D eigenvalue weighted by Gasteiger charge is -2.00. The normalized spacial score (nSPS) is 9.33. The Morgan fingerprint density at radius 2 is 1.56 bits per heavy atom. The highest BCUT2D eigenvalue weighted by atomic mass is 35.5. The smallest absolute Gasteiger partial charge is 0.344 e. The molecule has 0 amide bonds. The second-order valence-electron chi connectivity index (χ2n) is 1.37. The lowest BCUT2D eigenvalue weighted by molar-refractivity contribution is -0.134. The second kappa shape index (κ2) is 6.16. The topological polar surface area (TPSA) is 35.0 Å². The van der Waals surface area contributed by atoms with Gasteiger partial charge in [0.1, 0.15) is 0 Å². The molecular weight excluding hydrogens is 154 g/mol. The molecule has 0 aromatic carbocycles. The molecule has 0 atom stereocenters. The monoisotopic (exact) mass is 165 g/mol. The van der Waals surface area contributed by atoms with Gasteiger partial charge in [0.05, 0.1) is 0 Å². The predicted molar refractivity (Wildman–Crippen MR) is 33.2 cm³/mol. The molecule has 0 aliphatic heterocycles. The van der Waals surface area contributed by atoms with Gasteiger partial charge in [0, 0.05) is 6.42 Å². The summed E-state index contributed by atoms with van der Waals surface area (Å²) in [5.41, 5.74) is 0. The van der Waals surface area contributed by atoms with Crippen LogP contribution in [0.2, 0.25) is 0 Å². The van der Waals surface area contributed by atoms with E-state index in [4.69, 9.17) is 0 Å². The molecule has 0 spiro atoms. The SMILES string of the molecule is CCCC(F)(F)F.Cl.N. The van der Waals surface area contributed by atoms with Gasteiger partial charge in [-0.3, -0.25) is 0 Å². The second-order valence-corrected chi connectivity index (χ2v) is 1.37. The van der Waals surface area contributed by atoms with Crippen LogP contribution in [0.15, 0.2) is 0 Å². The van der Waals surface area contributed by atoms with Gasteiger partial charge in [0.15, 0.2) is 0 Å². The Kier molecular flexibility index (Phi) is 11.0. The Balaban J connectivity index is -0.000000180. The molecule has 0 bridgehead atoms. The fourth-order valence-electron chi connectivity index (χ4n) is 0.283. The number of hydrogen-bond donors (Lipinski definition) is 1. The van der Waals surface area contributed by atoms with Crippen LogP contribution >= 0.6 is 12.4 Å². The minimum atomic E-state index is -3.95. The summed E-state index contributed by atoms with van der Waals surface area (Å²) in [4.78, 5) is 0. The van der Waals surface area contributed by atoms with E-state index in [1.165, 1.54) is 6.92 Å². The average molecular weight is 166 g/mol. The highest BCUT2D eigenvalue weighted by Crippen LogP contribution is 2.20.